The predicted molar refractivity (Wildman–Crippen MR) is 96.0 cm³/mol. The largest absolute Gasteiger partial charge is 0.431 e. The number of hydrogen-bond donors (Lipinski definition) is 0. The summed E-state index contributed by atoms with van der Waals surface area (Å²) in [5, 5.41) is 15.8. The number of fused-ring (bicyclic) bond motifs is 1. The van der Waals surface area contributed by atoms with Crippen molar-refractivity contribution in [3.63, 3.8) is 0 Å². The van der Waals surface area contributed by atoms with Gasteiger partial charge in [-0.1, -0.05) is 24.3 Å². The minimum Gasteiger partial charge on any atom is -0.431 e. The van der Waals surface area contributed by atoms with Gasteiger partial charge in [0.15, 0.2) is 5.82 Å². The number of thiophene rings is 1. The van der Waals surface area contributed by atoms with E-state index in [4.69, 9.17) is 4.74 Å². The molecule has 0 amide bonds. The molecule has 2 heterocycles. The van der Waals surface area contributed by atoms with Crippen molar-refractivity contribution in [3.8, 4) is 23.0 Å². The number of hydrogen-bond acceptors (Lipinski definition) is 6. The summed E-state index contributed by atoms with van der Waals surface area (Å²) in [5.74, 6) is 0.960. The molecule has 0 saturated carbocycles. The lowest BCUT2D eigenvalue weighted by molar-refractivity contribution is -0.385. The van der Waals surface area contributed by atoms with E-state index in [0.717, 1.165) is 5.56 Å². The molecule has 4 aromatic rings. The Morgan fingerprint density at radius 2 is 1.80 bits per heavy atom. The Kier molecular flexibility index (Phi) is 3.83. The molecule has 6 nitrogen and oxygen atoms in total. The quantitative estimate of drug-likeness (QED) is 0.380. The van der Waals surface area contributed by atoms with Crippen molar-refractivity contribution in [3.05, 3.63) is 75.5 Å². The van der Waals surface area contributed by atoms with Gasteiger partial charge in [0.1, 0.15) is 0 Å². The van der Waals surface area contributed by atoms with Crippen molar-refractivity contribution in [2.45, 2.75) is 0 Å². The van der Waals surface area contributed by atoms with Crippen LogP contribution in [0.25, 0.3) is 22.3 Å². The lowest BCUT2D eigenvalue weighted by Gasteiger charge is -2.09. The molecule has 0 spiro atoms. The van der Waals surface area contributed by atoms with Crippen molar-refractivity contribution in [1.29, 1.82) is 0 Å². The maximum Gasteiger partial charge on any atom is 0.311 e. The third-order valence-corrected chi connectivity index (χ3v) is 4.30. The molecule has 2 aromatic carbocycles. The smallest absolute Gasteiger partial charge is 0.311 e. The molecule has 122 valence electrons. The second-order valence-electron chi connectivity index (χ2n) is 5.21. The van der Waals surface area contributed by atoms with E-state index in [1.54, 1.807) is 29.5 Å². The number of aromatic nitrogens is 2. The number of nitro groups is 1. The summed E-state index contributed by atoms with van der Waals surface area (Å²) in [6, 6.07) is 15.6. The van der Waals surface area contributed by atoms with E-state index in [-0.39, 0.29) is 11.4 Å². The molecule has 0 N–H and O–H groups in total. The van der Waals surface area contributed by atoms with Crippen LogP contribution in [0.15, 0.2) is 65.4 Å². The average molecular weight is 349 g/mol. The van der Waals surface area contributed by atoms with Crippen LogP contribution in [0.1, 0.15) is 0 Å². The Morgan fingerprint density at radius 3 is 2.60 bits per heavy atom. The fraction of sp³-hybridized carbons (Fsp3) is 0. The van der Waals surface area contributed by atoms with Gasteiger partial charge in [0, 0.05) is 17.0 Å². The summed E-state index contributed by atoms with van der Waals surface area (Å²) in [6.07, 6.45) is 0. The second kappa shape index (κ2) is 6.29. The minimum atomic E-state index is -0.474. The van der Waals surface area contributed by atoms with Crippen molar-refractivity contribution in [2.24, 2.45) is 0 Å². The van der Waals surface area contributed by atoms with Gasteiger partial charge in [0.05, 0.1) is 15.8 Å². The first kappa shape index (κ1) is 15.2. The standard InChI is InChI=1S/C18H11N3O3S/c22-21(23)15-7-3-4-8-16(15)24-18-13-5-1-2-6-14(13)19-17(20-18)12-9-10-25-11-12/h1-11H. The van der Waals surface area contributed by atoms with Crippen molar-refractivity contribution in [2.75, 3.05) is 0 Å². The van der Waals surface area contributed by atoms with Crippen LogP contribution in [0.4, 0.5) is 5.69 Å². The van der Waals surface area contributed by atoms with Gasteiger partial charge >= 0.3 is 5.69 Å². The fourth-order valence-electron chi connectivity index (χ4n) is 2.44. The summed E-state index contributed by atoms with van der Waals surface area (Å²) in [5.41, 5.74) is 1.48. The number of para-hydroxylation sites is 3. The van der Waals surface area contributed by atoms with E-state index < -0.39 is 4.92 Å². The highest BCUT2D eigenvalue weighted by Gasteiger charge is 2.18. The van der Waals surface area contributed by atoms with Crippen LogP contribution in [0.3, 0.4) is 0 Å². The highest BCUT2D eigenvalue weighted by molar-refractivity contribution is 7.08. The minimum absolute atomic E-state index is 0.109. The zero-order valence-electron chi connectivity index (χ0n) is 12.8. The van der Waals surface area contributed by atoms with Crippen molar-refractivity contribution >= 4 is 27.9 Å². The Hall–Kier alpha value is -3.32. The molecule has 0 aliphatic carbocycles. The van der Waals surface area contributed by atoms with E-state index in [2.05, 4.69) is 9.97 Å². The van der Waals surface area contributed by atoms with Gasteiger partial charge in [-0.3, -0.25) is 10.1 Å². The normalized spacial score (nSPS) is 10.7. The van der Waals surface area contributed by atoms with Gasteiger partial charge in [-0.05, 0) is 29.6 Å². The Labute approximate surface area is 146 Å². The van der Waals surface area contributed by atoms with Crippen LogP contribution < -0.4 is 4.74 Å². The topological polar surface area (TPSA) is 78.2 Å². The third kappa shape index (κ3) is 2.92. The fourth-order valence-corrected chi connectivity index (χ4v) is 3.08. The molecule has 25 heavy (non-hydrogen) atoms. The number of nitro benzene ring substituents is 1. The first-order valence-electron chi connectivity index (χ1n) is 7.43. The number of benzene rings is 2. The number of rotatable bonds is 4. The maximum absolute atomic E-state index is 11.2. The van der Waals surface area contributed by atoms with Crippen LogP contribution in [0.5, 0.6) is 11.6 Å². The molecule has 4 rings (SSSR count). The highest BCUT2D eigenvalue weighted by atomic mass is 32.1. The molecule has 7 heteroatoms. The van der Waals surface area contributed by atoms with Gasteiger partial charge in [0.25, 0.3) is 0 Å². The van der Waals surface area contributed by atoms with E-state index in [1.807, 2.05) is 41.1 Å². The molecule has 2 aromatic heterocycles. The lowest BCUT2D eigenvalue weighted by Crippen LogP contribution is -1.98. The molecule has 0 aliphatic rings. The summed E-state index contributed by atoms with van der Waals surface area (Å²) in [6.45, 7) is 0. The van der Waals surface area contributed by atoms with Crippen LogP contribution >= 0.6 is 11.3 Å². The summed E-state index contributed by atoms with van der Waals surface area (Å²) in [4.78, 5) is 19.8. The van der Waals surface area contributed by atoms with Crippen molar-refractivity contribution < 1.29 is 9.66 Å². The molecule has 0 unspecified atom stereocenters. The lowest BCUT2D eigenvalue weighted by atomic mass is 10.2. The van der Waals surface area contributed by atoms with E-state index >= 15 is 0 Å². The zero-order valence-corrected chi connectivity index (χ0v) is 13.6. The molecule has 0 aliphatic heterocycles. The maximum atomic E-state index is 11.2. The number of ether oxygens (including phenoxy) is 1. The van der Waals surface area contributed by atoms with Gasteiger partial charge < -0.3 is 4.74 Å². The van der Waals surface area contributed by atoms with E-state index in [1.165, 1.54) is 6.07 Å². The van der Waals surface area contributed by atoms with Gasteiger partial charge in [-0.2, -0.15) is 16.3 Å². The van der Waals surface area contributed by atoms with Gasteiger partial charge in [-0.15, -0.1) is 0 Å². The molecular weight excluding hydrogens is 338 g/mol. The monoisotopic (exact) mass is 349 g/mol. The van der Waals surface area contributed by atoms with Crippen molar-refractivity contribution in [1.82, 2.24) is 9.97 Å². The molecule has 0 fully saturated rings. The zero-order chi connectivity index (χ0) is 17.2. The van der Waals surface area contributed by atoms with Crippen LogP contribution in [0.2, 0.25) is 0 Å². The Bertz CT molecular complexity index is 1060. The van der Waals surface area contributed by atoms with Gasteiger partial charge in [-0.25, -0.2) is 4.98 Å². The van der Waals surface area contributed by atoms with E-state index in [9.17, 15) is 10.1 Å². The average Bonchev–Trinajstić information content (AvgIpc) is 3.16. The first-order chi connectivity index (χ1) is 12.2. The highest BCUT2D eigenvalue weighted by Crippen LogP contribution is 2.34. The number of nitrogens with zero attached hydrogens (tertiary/aromatic N) is 3. The third-order valence-electron chi connectivity index (χ3n) is 3.62. The molecule has 0 saturated heterocycles. The Balaban J connectivity index is 1.88. The summed E-state index contributed by atoms with van der Waals surface area (Å²) < 4.78 is 5.83. The molecule has 0 atom stereocenters. The molecule has 0 bridgehead atoms. The SMILES string of the molecule is O=[N+]([O-])c1ccccc1Oc1nc(-c2ccsc2)nc2ccccc12. The van der Waals surface area contributed by atoms with Gasteiger partial charge in [0.2, 0.25) is 11.6 Å². The van der Waals surface area contributed by atoms with E-state index in [0.29, 0.717) is 22.6 Å². The first-order valence-corrected chi connectivity index (χ1v) is 8.37. The second-order valence-corrected chi connectivity index (χ2v) is 5.99. The van der Waals surface area contributed by atoms with Crippen LogP contribution in [-0.4, -0.2) is 14.9 Å². The molecular formula is C18H11N3O3S. The Morgan fingerprint density at radius 1 is 1.00 bits per heavy atom. The summed E-state index contributed by atoms with van der Waals surface area (Å²) in [7, 11) is 0. The van der Waals surface area contributed by atoms with Crippen LogP contribution in [-0.2, 0) is 0 Å². The molecule has 0 radical (unpaired) electrons. The summed E-state index contributed by atoms with van der Waals surface area (Å²) >= 11 is 1.55. The van der Waals surface area contributed by atoms with Crippen LogP contribution in [0, 0.1) is 10.1 Å². The predicted octanol–water partition coefficient (Wildman–Crippen LogP) is 5.06.